The standard InChI is InChI=1S/C29H34O11/c1-14(30)38-17-11-28(2)16(9-10-18(28)39-21(33)8-6-5-7-20(31)32)22-24(17)29(3)19(13-36-4)40-27(35)15-12-37-26(23(15)29)25(22)34/h12,16-19H,5-11,13H2,1-4H3,(H,31,32)/t16-,17+,18-,19+,28-,29-/m0/s1. The Labute approximate surface area is 231 Å². The van der Waals surface area contributed by atoms with E-state index in [9.17, 15) is 24.0 Å². The van der Waals surface area contributed by atoms with Crippen molar-refractivity contribution in [2.75, 3.05) is 13.7 Å². The van der Waals surface area contributed by atoms with E-state index in [4.69, 9.17) is 28.5 Å². The Morgan fingerprint density at radius 1 is 1.10 bits per heavy atom. The molecule has 3 aliphatic carbocycles. The molecule has 40 heavy (non-hydrogen) atoms. The highest BCUT2D eigenvalue weighted by atomic mass is 16.6. The second-order valence-corrected chi connectivity index (χ2v) is 11.6. The molecular formula is C29H34O11. The van der Waals surface area contributed by atoms with Crippen molar-refractivity contribution >= 4 is 29.7 Å². The van der Waals surface area contributed by atoms with Crippen LogP contribution in [0.3, 0.4) is 0 Å². The van der Waals surface area contributed by atoms with E-state index in [1.165, 1.54) is 20.3 Å². The third-order valence-electron chi connectivity index (χ3n) is 9.19. The van der Waals surface area contributed by atoms with Crippen LogP contribution in [-0.4, -0.2) is 66.8 Å². The first-order valence-corrected chi connectivity index (χ1v) is 13.6. The Hall–Kier alpha value is -3.47. The molecule has 1 aromatic heterocycles. The summed E-state index contributed by atoms with van der Waals surface area (Å²) in [7, 11) is 1.49. The van der Waals surface area contributed by atoms with E-state index in [1.54, 1.807) is 0 Å². The van der Waals surface area contributed by atoms with Crippen LogP contribution in [0.5, 0.6) is 0 Å². The van der Waals surface area contributed by atoms with Gasteiger partial charge in [0, 0.05) is 43.4 Å². The lowest BCUT2D eigenvalue weighted by molar-refractivity contribution is -0.160. The number of carboxylic acids is 1. The maximum Gasteiger partial charge on any atom is 0.342 e. The monoisotopic (exact) mass is 558 g/mol. The summed E-state index contributed by atoms with van der Waals surface area (Å²) in [6.45, 7) is 5.16. The van der Waals surface area contributed by atoms with Gasteiger partial charge in [-0.05, 0) is 50.5 Å². The van der Waals surface area contributed by atoms with Gasteiger partial charge in [0.25, 0.3) is 0 Å². The summed E-state index contributed by atoms with van der Waals surface area (Å²) in [5.74, 6) is -3.12. The van der Waals surface area contributed by atoms with Crippen molar-refractivity contribution in [3.05, 3.63) is 34.3 Å². The molecule has 0 unspecified atom stereocenters. The second-order valence-electron chi connectivity index (χ2n) is 11.6. The summed E-state index contributed by atoms with van der Waals surface area (Å²) in [6.07, 6.45) is 1.25. The highest BCUT2D eigenvalue weighted by Gasteiger charge is 2.65. The number of carbonyl (C=O) groups is 5. The van der Waals surface area contributed by atoms with Crippen LogP contribution in [0.15, 0.2) is 21.8 Å². The molecule has 0 amide bonds. The summed E-state index contributed by atoms with van der Waals surface area (Å²) in [5.41, 5.74) is -0.143. The predicted molar refractivity (Wildman–Crippen MR) is 135 cm³/mol. The smallest absolute Gasteiger partial charge is 0.342 e. The Kier molecular flexibility index (Phi) is 7.14. The van der Waals surface area contributed by atoms with Gasteiger partial charge in [-0.1, -0.05) is 6.92 Å². The van der Waals surface area contributed by atoms with E-state index < -0.39 is 53.0 Å². The Bertz CT molecular complexity index is 1300. The van der Waals surface area contributed by atoms with Gasteiger partial charge >= 0.3 is 23.9 Å². The van der Waals surface area contributed by atoms with Gasteiger partial charge in [-0.2, -0.15) is 0 Å². The number of furan rings is 1. The number of unbranched alkanes of at least 4 members (excludes halogenated alkanes) is 1. The van der Waals surface area contributed by atoms with Crippen molar-refractivity contribution in [1.82, 2.24) is 0 Å². The van der Waals surface area contributed by atoms with E-state index >= 15 is 0 Å². The van der Waals surface area contributed by atoms with Crippen LogP contribution in [0.1, 0.15) is 92.2 Å². The number of hydrogen-bond acceptors (Lipinski definition) is 10. The largest absolute Gasteiger partial charge is 0.481 e. The van der Waals surface area contributed by atoms with Gasteiger partial charge in [-0.3, -0.25) is 19.2 Å². The van der Waals surface area contributed by atoms with E-state index in [2.05, 4.69) is 0 Å². The molecule has 0 radical (unpaired) electrons. The fourth-order valence-electron chi connectivity index (χ4n) is 7.41. The number of Topliss-reactive ketones (excluding diaryl/α,β-unsaturated/α-hetero) is 1. The number of aliphatic carboxylic acids is 1. The van der Waals surface area contributed by atoms with Crippen molar-refractivity contribution in [3.63, 3.8) is 0 Å². The molecule has 5 rings (SSSR count). The first-order valence-electron chi connectivity index (χ1n) is 13.6. The van der Waals surface area contributed by atoms with Crippen LogP contribution >= 0.6 is 0 Å². The van der Waals surface area contributed by atoms with Gasteiger partial charge in [0.2, 0.25) is 5.78 Å². The minimum absolute atomic E-state index is 0.0196. The number of ether oxygens (including phenoxy) is 4. The highest BCUT2D eigenvalue weighted by Crippen LogP contribution is 2.62. The lowest BCUT2D eigenvalue weighted by atomic mass is 9.54. The van der Waals surface area contributed by atoms with Crippen LogP contribution < -0.4 is 0 Å². The molecule has 1 aromatic rings. The zero-order chi connectivity index (χ0) is 29.0. The zero-order valence-electron chi connectivity index (χ0n) is 23.1. The molecule has 11 heteroatoms. The second kappa shape index (κ2) is 10.2. The minimum atomic E-state index is -1.05. The molecular weight excluding hydrogens is 524 g/mol. The van der Waals surface area contributed by atoms with Gasteiger partial charge in [0.05, 0.1) is 12.0 Å². The van der Waals surface area contributed by atoms with Crippen LogP contribution in [0.4, 0.5) is 0 Å². The number of carboxylic acid groups (broad SMARTS) is 1. The molecule has 0 aromatic carbocycles. The number of fused-ring (bicyclic) bond motifs is 3. The molecule has 4 aliphatic rings. The van der Waals surface area contributed by atoms with Gasteiger partial charge < -0.3 is 28.5 Å². The van der Waals surface area contributed by atoms with E-state index in [0.29, 0.717) is 48.8 Å². The summed E-state index contributed by atoms with van der Waals surface area (Å²) in [4.78, 5) is 62.8. The number of methoxy groups -OCH3 is 1. The number of cyclic esters (lactones) is 1. The molecule has 1 saturated carbocycles. The fourth-order valence-corrected chi connectivity index (χ4v) is 7.41. The van der Waals surface area contributed by atoms with Crippen molar-refractivity contribution < 1.29 is 52.4 Å². The lowest BCUT2D eigenvalue weighted by Crippen LogP contribution is -2.57. The number of rotatable bonds is 9. The van der Waals surface area contributed by atoms with Crippen molar-refractivity contribution in [2.45, 2.75) is 89.4 Å². The van der Waals surface area contributed by atoms with E-state index in [1.807, 2.05) is 13.8 Å². The third-order valence-corrected chi connectivity index (χ3v) is 9.19. The molecule has 2 heterocycles. The number of carbonyl (C=O) groups excluding carboxylic acids is 4. The van der Waals surface area contributed by atoms with Crippen molar-refractivity contribution in [3.8, 4) is 0 Å². The first-order chi connectivity index (χ1) is 18.9. The van der Waals surface area contributed by atoms with E-state index in [-0.39, 0.29) is 42.5 Å². The predicted octanol–water partition coefficient (Wildman–Crippen LogP) is 3.52. The van der Waals surface area contributed by atoms with Crippen LogP contribution in [-0.2, 0) is 38.7 Å². The average molecular weight is 559 g/mol. The van der Waals surface area contributed by atoms with Gasteiger partial charge in [-0.25, -0.2) is 4.79 Å². The summed E-state index contributed by atoms with van der Waals surface area (Å²) in [5, 5.41) is 8.83. The number of ketones is 1. The number of allylic oxidation sites excluding steroid dienone is 1. The quantitative estimate of drug-likeness (QED) is 0.269. The molecule has 0 saturated heterocycles. The topological polar surface area (TPSA) is 156 Å². The maximum absolute atomic E-state index is 14.1. The number of hydrogen-bond donors (Lipinski definition) is 1. The Morgan fingerprint density at radius 2 is 1.82 bits per heavy atom. The highest BCUT2D eigenvalue weighted by molar-refractivity contribution is 6.13. The van der Waals surface area contributed by atoms with Crippen molar-refractivity contribution in [1.29, 1.82) is 0 Å². The van der Waals surface area contributed by atoms with Crippen LogP contribution in [0.25, 0.3) is 0 Å². The van der Waals surface area contributed by atoms with Gasteiger partial charge in [0.1, 0.15) is 30.1 Å². The first kappa shape index (κ1) is 28.1. The molecule has 11 nitrogen and oxygen atoms in total. The molecule has 1 fully saturated rings. The summed E-state index contributed by atoms with van der Waals surface area (Å²) < 4.78 is 28.7. The summed E-state index contributed by atoms with van der Waals surface area (Å²) >= 11 is 0. The van der Waals surface area contributed by atoms with Crippen molar-refractivity contribution in [2.24, 2.45) is 11.3 Å². The molecule has 1 aliphatic heterocycles. The third kappa shape index (κ3) is 4.25. The van der Waals surface area contributed by atoms with Crippen LogP contribution in [0, 0.1) is 11.3 Å². The summed E-state index contributed by atoms with van der Waals surface area (Å²) in [6, 6.07) is 0. The normalized spacial score (nSPS) is 32.1. The SMILES string of the molecule is COC[C@H]1OC(=O)c2coc3c2[C@@]1(C)C1=C(C3=O)[C@@H]2CC[C@H](OC(=O)CCCCC(=O)O)[C@@]2(C)C[C@H]1OC(C)=O. The molecule has 216 valence electrons. The lowest BCUT2D eigenvalue weighted by Gasteiger charge is -2.52. The molecule has 6 atom stereocenters. The molecule has 1 N–H and O–H groups in total. The zero-order valence-corrected chi connectivity index (χ0v) is 23.1. The fraction of sp³-hybridized carbons (Fsp3) is 0.621. The van der Waals surface area contributed by atoms with Crippen LogP contribution in [0.2, 0.25) is 0 Å². The van der Waals surface area contributed by atoms with E-state index in [0.717, 1.165) is 0 Å². The van der Waals surface area contributed by atoms with Gasteiger partial charge in [-0.15, -0.1) is 0 Å². The Morgan fingerprint density at radius 3 is 2.50 bits per heavy atom. The molecule has 0 spiro atoms. The minimum Gasteiger partial charge on any atom is -0.481 e. The Balaban J connectivity index is 1.55. The van der Waals surface area contributed by atoms with Gasteiger partial charge in [0.15, 0.2) is 5.76 Å². The maximum atomic E-state index is 14.1. The molecule has 0 bridgehead atoms. The number of esters is 3. The average Bonchev–Trinajstić information content (AvgIpc) is 3.46.